The van der Waals surface area contributed by atoms with Gasteiger partial charge in [-0.25, -0.2) is 0 Å². The average Bonchev–Trinajstić information content (AvgIpc) is 2.73. The van der Waals surface area contributed by atoms with E-state index in [1.165, 1.54) is 0 Å². The van der Waals surface area contributed by atoms with Crippen molar-refractivity contribution in [2.45, 2.75) is 52.1 Å². The Morgan fingerprint density at radius 3 is 2.06 bits per heavy atom. The minimum Gasteiger partial charge on any atom is -0.497 e. The molecule has 0 aliphatic carbocycles. The summed E-state index contributed by atoms with van der Waals surface area (Å²) in [5, 5.41) is -0.0373. The molecule has 5 nitrogen and oxygen atoms in total. The summed E-state index contributed by atoms with van der Waals surface area (Å²) < 4.78 is 22.6. The maximum atomic E-state index is 13.6. The minimum atomic E-state index is -0.122. The fraction of sp³-hybridized carbons (Fsp3) is 0.500. The molecule has 6 heteroatoms. The van der Waals surface area contributed by atoms with E-state index in [2.05, 4.69) is 34.6 Å². The first-order valence-corrected chi connectivity index (χ1v) is 12.6. The summed E-state index contributed by atoms with van der Waals surface area (Å²) in [5.74, 6) is 4.60. The van der Waals surface area contributed by atoms with Gasteiger partial charge in [0.25, 0.3) is 0 Å². The van der Waals surface area contributed by atoms with Crippen molar-refractivity contribution in [1.29, 1.82) is 0 Å². The van der Waals surface area contributed by atoms with E-state index >= 15 is 0 Å². The van der Waals surface area contributed by atoms with Crippen LogP contribution in [0.4, 0.5) is 0 Å². The molecule has 0 N–H and O–H groups in total. The Morgan fingerprint density at radius 1 is 0.938 bits per heavy atom. The lowest BCUT2D eigenvalue weighted by atomic mass is 9.87. The number of carbonyl (C=O) groups excluding carboxylic acids is 1. The fourth-order valence-electron chi connectivity index (χ4n) is 4.21. The van der Waals surface area contributed by atoms with Crippen LogP contribution in [0, 0.1) is 5.41 Å². The number of benzene rings is 2. The van der Waals surface area contributed by atoms with E-state index in [-0.39, 0.29) is 39.6 Å². The van der Waals surface area contributed by atoms with Gasteiger partial charge in [0.1, 0.15) is 23.0 Å². The first-order chi connectivity index (χ1) is 15.1. The molecule has 1 aliphatic rings. The smallest absolute Gasteiger partial charge is 0.215 e. The second kappa shape index (κ2) is 10.2. The third-order valence-corrected chi connectivity index (χ3v) is 8.84. The number of methoxy groups -OCH3 is 2. The van der Waals surface area contributed by atoms with Gasteiger partial charge in [0.2, 0.25) is 5.78 Å². The lowest BCUT2D eigenvalue weighted by Gasteiger charge is -2.34. The highest BCUT2D eigenvalue weighted by atomic mass is 32.2. The lowest BCUT2D eigenvalue weighted by Crippen LogP contribution is -2.51. The van der Waals surface area contributed by atoms with Crippen LogP contribution < -0.4 is 14.2 Å². The van der Waals surface area contributed by atoms with Crippen LogP contribution in [-0.2, 0) is 15.6 Å². The molecule has 32 heavy (non-hydrogen) atoms. The molecule has 3 unspecified atom stereocenters. The Bertz CT molecular complexity index is 909. The number of rotatable bonds is 7. The Hall–Kier alpha value is -2.18. The summed E-state index contributed by atoms with van der Waals surface area (Å²) in [6.45, 7) is 10.7. The second-order valence-electron chi connectivity index (χ2n) is 9.38. The van der Waals surface area contributed by atoms with Crippen molar-refractivity contribution in [2.75, 3.05) is 25.7 Å². The predicted octanol–water partition coefficient (Wildman–Crippen LogP) is 5.52. The molecule has 3 rings (SSSR count). The van der Waals surface area contributed by atoms with Crippen LogP contribution in [0.5, 0.6) is 23.0 Å². The molecular formula is C26H35O5S+. The summed E-state index contributed by atoms with van der Waals surface area (Å²) in [7, 11) is 3.18. The number of ketones is 1. The van der Waals surface area contributed by atoms with E-state index in [9.17, 15) is 4.79 Å². The Kier molecular flexibility index (Phi) is 7.78. The molecule has 2 aromatic carbocycles. The van der Waals surface area contributed by atoms with Gasteiger partial charge in [-0.2, -0.15) is 0 Å². The van der Waals surface area contributed by atoms with Gasteiger partial charge in [-0.3, -0.25) is 4.79 Å². The molecule has 174 valence electrons. The van der Waals surface area contributed by atoms with Crippen LogP contribution in [0.2, 0.25) is 0 Å². The maximum absolute atomic E-state index is 13.6. The molecule has 3 atom stereocenters. The minimum absolute atomic E-state index is 0.0213. The summed E-state index contributed by atoms with van der Waals surface area (Å²) in [4.78, 5) is 13.6. The van der Waals surface area contributed by atoms with Gasteiger partial charge in [0, 0.05) is 27.9 Å². The predicted molar refractivity (Wildman–Crippen MR) is 131 cm³/mol. The quantitative estimate of drug-likeness (QED) is 0.403. The van der Waals surface area contributed by atoms with Gasteiger partial charge in [-0.1, -0.05) is 20.8 Å². The van der Waals surface area contributed by atoms with Gasteiger partial charge < -0.3 is 18.9 Å². The van der Waals surface area contributed by atoms with Crippen LogP contribution in [0.3, 0.4) is 0 Å². The van der Waals surface area contributed by atoms with Crippen molar-refractivity contribution in [2.24, 2.45) is 5.41 Å². The molecule has 1 saturated heterocycles. The number of carbonyl (C=O) groups is 1. The largest absolute Gasteiger partial charge is 0.497 e. The monoisotopic (exact) mass is 459 g/mol. The summed E-state index contributed by atoms with van der Waals surface area (Å²) in [6.07, 6.45) is 0.380. The van der Waals surface area contributed by atoms with E-state index in [4.69, 9.17) is 18.9 Å². The standard InChI is InChI=1S/C26H35O5S/c1-17-15-32(16-18(2)30-17)25(26(3,4)5)24(27)19-8-10-20(11-9-19)31-22-13-12-21(28-6)14-23(22)29-7/h8-14,17-18,25H,15-16H2,1-7H3/q+1. The number of hydrogen-bond acceptors (Lipinski definition) is 5. The highest BCUT2D eigenvalue weighted by Gasteiger charge is 2.48. The first kappa shape index (κ1) is 24.5. The van der Waals surface area contributed by atoms with E-state index in [1.54, 1.807) is 26.4 Å². The number of hydrogen-bond donors (Lipinski definition) is 0. The molecule has 0 saturated carbocycles. The van der Waals surface area contributed by atoms with Crippen molar-refractivity contribution < 1.29 is 23.7 Å². The van der Waals surface area contributed by atoms with Crippen LogP contribution in [0.25, 0.3) is 0 Å². The molecule has 0 bridgehead atoms. The van der Waals surface area contributed by atoms with Gasteiger partial charge >= 0.3 is 0 Å². The van der Waals surface area contributed by atoms with Crippen LogP contribution in [-0.4, -0.2) is 49.0 Å². The van der Waals surface area contributed by atoms with Gasteiger partial charge in [-0.05, 0) is 50.2 Å². The molecule has 0 aromatic heterocycles. The highest BCUT2D eigenvalue weighted by molar-refractivity contribution is 7.98. The molecule has 1 fully saturated rings. The van der Waals surface area contributed by atoms with Crippen molar-refractivity contribution in [3.8, 4) is 23.0 Å². The topological polar surface area (TPSA) is 54.0 Å². The zero-order chi connectivity index (χ0) is 23.5. The normalized spacial score (nSPS) is 22.2. The van der Waals surface area contributed by atoms with Crippen LogP contribution >= 0.6 is 0 Å². The Balaban J connectivity index is 1.80. The van der Waals surface area contributed by atoms with Gasteiger partial charge in [0.05, 0.1) is 26.4 Å². The van der Waals surface area contributed by atoms with Gasteiger partial charge in [-0.15, -0.1) is 0 Å². The highest BCUT2D eigenvalue weighted by Crippen LogP contribution is 2.36. The average molecular weight is 460 g/mol. The van der Waals surface area contributed by atoms with E-state index in [0.29, 0.717) is 23.0 Å². The second-order valence-corrected chi connectivity index (χ2v) is 11.6. The fourth-order valence-corrected chi connectivity index (χ4v) is 7.53. The zero-order valence-corrected chi connectivity index (χ0v) is 21.0. The van der Waals surface area contributed by atoms with Crippen molar-refractivity contribution in [3.63, 3.8) is 0 Å². The third kappa shape index (κ3) is 5.78. The maximum Gasteiger partial charge on any atom is 0.215 e. The summed E-state index contributed by atoms with van der Waals surface area (Å²) >= 11 is 0. The van der Waals surface area contributed by atoms with E-state index in [0.717, 1.165) is 17.1 Å². The van der Waals surface area contributed by atoms with Gasteiger partial charge in [0.15, 0.2) is 16.7 Å². The van der Waals surface area contributed by atoms with Crippen molar-refractivity contribution in [3.05, 3.63) is 48.0 Å². The Labute approximate surface area is 194 Å². The van der Waals surface area contributed by atoms with Crippen LogP contribution in [0.1, 0.15) is 45.0 Å². The van der Waals surface area contributed by atoms with Crippen LogP contribution in [0.15, 0.2) is 42.5 Å². The molecule has 1 aliphatic heterocycles. The molecule has 2 aromatic rings. The molecule has 1 heterocycles. The summed E-state index contributed by atoms with van der Waals surface area (Å²) in [5.41, 5.74) is 0.598. The first-order valence-electron chi connectivity index (χ1n) is 11.0. The van der Waals surface area contributed by atoms with E-state index < -0.39 is 0 Å². The number of ether oxygens (including phenoxy) is 4. The number of Topliss-reactive ketones (excluding diaryl/α,β-unsaturated/α-hetero) is 1. The van der Waals surface area contributed by atoms with E-state index in [1.807, 2.05) is 30.3 Å². The lowest BCUT2D eigenvalue weighted by molar-refractivity contribution is 0.0273. The molecule has 0 amide bonds. The molecular weight excluding hydrogens is 424 g/mol. The third-order valence-electron chi connectivity index (χ3n) is 5.46. The molecule has 0 spiro atoms. The Morgan fingerprint density at radius 2 is 1.53 bits per heavy atom. The van der Waals surface area contributed by atoms with Crippen molar-refractivity contribution in [1.82, 2.24) is 0 Å². The SMILES string of the molecule is COc1ccc(Oc2ccc(C(=O)C([S+]3CC(C)OC(C)C3)C(C)(C)C)cc2)c(OC)c1. The zero-order valence-electron chi connectivity index (χ0n) is 20.1. The summed E-state index contributed by atoms with van der Waals surface area (Å²) in [6, 6.07) is 12.8. The van der Waals surface area contributed by atoms with Crippen molar-refractivity contribution >= 4 is 16.7 Å². The molecule has 0 radical (unpaired) electrons.